The summed E-state index contributed by atoms with van der Waals surface area (Å²) in [6, 6.07) is 39.6. The molecule has 0 saturated heterocycles. The molecular formula is C33H25NS. The van der Waals surface area contributed by atoms with E-state index in [-0.39, 0.29) is 5.41 Å². The second-order valence-corrected chi connectivity index (χ2v) is 10.9. The third-order valence-electron chi connectivity index (χ3n) is 7.50. The zero-order valence-electron chi connectivity index (χ0n) is 19.8. The number of anilines is 2. The molecule has 0 aliphatic heterocycles. The van der Waals surface area contributed by atoms with Gasteiger partial charge in [-0.05, 0) is 46.5 Å². The van der Waals surface area contributed by atoms with Gasteiger partial charge >= 0.3 is 0 Å². The number of hydrogen-bond donors (Lipinski definition) is 1. The van der Waals surface area contributed by atoms with Gasteiger partial charge in [-0.3, -0.25) is 0 Å². The molecule has 1 N–H and O–H groups in total. The summed E-state index contributed by atoms with van der Waals surface area (Å²) in [4.78, 5) is 0. The molecule has 1 aromatic heterocycles. The highest BCUT2D eigenvalue weighted by molar-refractivity contribution is 7.25. The number of fused-ring (bicyclic) bond motifs is 6. The Bertz CT molecular complexity index is 1750. The fourth-order valence-electron chi connectivity index (χ4n) is 5.83. The Balaban J connectivity index is 1.42. The minimum Gasteiger partial charge on any atom is -0.355 e. The highest BCUT2D eigenvalue weighted by atomic mass is 32.1. The molecule has 0 bridgehead atoms. The van der Waals surface area contributed by atoms with Gasteiger partial charge in [0.15, 0.2) is 0 Å². The summed E-state index contributed by atoms with van der Waals surface area (Å²) in [6.07, 6.45) is 0. The third-order valence-corrected chi connectivity index (χ3v) is 8.63. The van der Waals surface area contributed by atoms with Gasteiger partial charge in [0, 0.05) is 48.1 Å². The van der Waals surface area contributed by atoms with E-state index in [0.717, 1.165) is 11.4 Å². The highest BCUT2D eigenvalue weighted by Gasteiger charge is 2.36. The van der Waals surface area contributed by atoms with Crippen LogP contribution in [-0.2, 0) is 5.41 Å². The van der Waals surface area contributed by atoms with E-state index in [1.54, 1.807) is 0 Å². The molecule has 0 atom stereocenters. The van der Waals surface area contributed by atoms with Crippen LogP contribution in [0.2, 0.25) is 0 Å². The molecule has 2 heteroatoms. The number of rotatable bonds is 3. The van der Waals surface area contributed by atoms with Crippen molar-refractivity contribution in [1.29, 1.82) is 0 Å². The fraction of sp³-hybridized carbons (Fsp3) is 0.0909. The summed E-state index contributed by atoms with van der Waals surface area (Å²) in [6.45, 7) is 4.66. The van der Waals surface area contributed by atoms with Crippen LogP contribution in [0.25, 0.3) is 42.4 Å². The first-order valence-electron chi connectivity index (χ1n) is 12.1. The van der Waals surface area contributed by atoms with Gasteiger partial charge in [0.05, 0.1) is 0 Å². The maximum absolute atomic E-state index is 3.86. The minimum absolute atomic E-state index is 0.00960. The first-order chi connectivity index (χ1) is 17.1. The summed E-state index contributed by atoms with van der Waals surface area (Å²) in [5, 5.41) is 6.53. The van der Waals surface area contributed by atoms with E-state index < -0.39 is 0 Å². The zero-order valence-corrected chi connectivity index (χ0v) is 20.6. The lowest BCUT2D eigenvalue weighted by atomic mass is 9.82. The maximum Gasteiger partial charge on any atom is 0.0467 e. The van der Waals surface area contributed by atoms with E-state index in [2.05, 4.69) is 128 Å². The van der Waals surface area contributed by atoms with E-state index in [9.17, 15) is 0 Å². The summed E-state index contributed by atoms with van der Waals surface area (Å²) in [5.41, 5.74) is 10.2. The molecule has 1 aliphatic carbocycles. The van der Waals surface area contributed by atoms with Crippen molar-refractivity contribution in [3.63, 3.8) is 0 Å². The average molecular weight is 468 g/mol. The quantitative estimate of drug-likeness (QED) is 0.273. The number of nitrogens with one attached hydrogen (secondary N) is 1. The first-order valence-corrected chi connectivity index (χ1v) is 12.9. The fourth-order valence-corrected chi connectivity index (χ4v) is 6.96. The van der Waals surface area contributed by atoms with Crippen molar-refractivity contribution < 1.29 is 0 Å². The standard InChI is InChI=1S/C33H25NS/c1-33(2)25-15-6-3-12-23(25)32-26(33)16-10-18-28(32)34-27-17-7-4-11-21(27)22-14-9-20-30-31(22)24-13-5-8-19-29(24)35-30/h3-20,34H,1-2H3. The molecule has 0 radical (unpaired) electrons. The van der Waals surface area contributed by atoms with Crippen molar-refractivity contribution in [3.8, 4) is 22.3 Å². The molecule has 0 spiro atoms. The normalized spacial score (nSPS) is 13.7. The van der Waals surface area contributed by atoms with Crippen LogP contribution in [-0.4, -0.2) is 0 Å². The molecule has 35 heavy (non-hydrogen) atoms. The predicted octanol–water partition coefficient (Wildman–Crippen LogP) is 9.77. The summed E-state index contributed by atoms with van der Waals surface area (Å²) >= 11 is 1.87. The SMILES string of the molecule is CC1(C)c2ccccc2-c2c(Nc3ccccc3-c3cccc4sc5ccccc5c34)cccc21. The van der Waals surface area contributed by atoms with Gasteiger partial charge in [0.25, 0.3) is 0 Å². The minimum atomic E-state index is -0.00960. The number of hydrogen-bond acceptors (Lipinski definition) is 2. The van der Waals surface area contributed by atoms with Crippen molar-refractivity contribution >= 4 is 42.9 Å². The summed E-state index contributed by atoms with van der Waals surface area (Å²) in [5.74, 6) is 0. The Morgan fingerprint density at radius 3 is 2.09 bits per heavy atom. The lowest BCUT2D eigenvalue weighted by Gasteiger charge is -2.22. The van der Waals surface area contributed by atoms with Gasteiger partial charge in [0.1, 0.15) is 0 Å². The second kappa shape index (κ2) is 7.56. The van der Waals surface area contributed by atoms with Crippen LogP contribution in [0.15, 0.2) is 109 Å². The van der Waals surface area contributed by atoms with E-state index >= 15 is 0 Å². The van der Waals surface area contributed by atoms with Crippen LogP contribution in [0.3, 0.4) is 0 Å². The van der Waals surface area contributed by atoms with Gasteiger partial charge in [-0.15, -0.1) is 11.3 Å². The van der Waals surface area contributed by atoms with Gasteiger partial charge < -0.3 is 5.32 Å². The Labute approximate surface area is 209 Å². The Morgan fingerprint density at radius 2 is 1.17 bits per heavy atom. The van der Waals surface area contributed by atoms with Gasteiger partial charge in [-0.25, -0.2) is 0 Å². The molecule has 1 heterocycles. The lowest BCUT2D eigenvalue weighted by molar-refractivity contribution is 0.660. The van der Waals surface area contributed by atoms with Crippen molar-refractivity contribution in [2.75, 3.05) is 5.32 Å². The van der Waals surface area contributed by atoms with Crippen LogP contribution in [0.5, 0.6) is 0 Å². The molecule has 168 valence electrons. The third kappa shape index (κ3) is 3.00. The molecule has 0 unspecified atom stereocenters. The molecule has 5 aromatic carbocycles. The molecule has 6 aromatic rings. The van der Waals surface area contributed by atoms with Crippen LogP contribution >= 0.6 is 11.3 Å². The van der Waals surface area contributed by atoms with Crippen molar-refractivity contribution in [2.45, 2.75) is 19.3 Å². The van der Waals surface area contributed by atoms with Crippen molar-refractivity contribution in [1.82, 2.24) is 0 Å². The number of benzene rings is 5. The smallest absolute Gasteiger partial charge is 0.0467 e. The van der Waals surface area contributed by atoms with Gasteiger partial charge in [-0.1, -0.05) is 98.8 Å². The van der Waals surface area contributed by atoms with Crippen LogP contribution < -0.4 is 5.32 Å². The number of thiophene rings is 1. The lowest BCUT2D eigenvalue weighted by Crippen LogP contribution is -2.14. The average Bonchev–Trinajstić information content (AvgIpc) is 3.38. The Kier molecular flexibility index (Phi) is 4.43. The monoisotopic (exact) mass is 467 g/mol. The largest absolute Gasteiger partial charge is 0.355 e. The van der Waals surface area contributed by atoms with E-state index in [0.29, 0.717) is 0 Å². The molecular weight excluding hydrogens is 442 g/mol. The Morgan fingerprint density at radius 1 is 0.543 bits per heavy atom. The predicted molar refractivity (Wildman–Crippen MR) is 152 cm³/mol. The van der Waals surface area contributed by atoms with E-state index in [4.69, 9.17) is 0 Å². The van der Waals surface area contributed by atoms with Gasteiger partial charge in [0.2, 0.25) is 0 Å². The molecule has 1 nitrogen and oxygen atoms in total. The van der Waals surface area contributed by atoms with E-state index in [1.807, 2.05) is 11.3 Å². The molecule has 7 rings (SSSR count). The zero-order chi connectivity index (χ0) is 23.6. The summed E-state index contributed by atoms with van der Waals surface area (Å²) in [7, 11) is 0. The molecule has 1 aliphatic rings. The highest BCUT2D eigenvalue weighted by Crippen LogP contribution is 2.52. The molecule has 0 amide bonds. The van der Waals surface area contributed by atoms with Crippen LogP contribution in [0.1, 0.15) is 25.0 Å². The second-order valence-electron chi connectivity index (χ2n) is 9.85. The van der Waals surface area contributed by atoms with Crippen LogP contribution in [0, 0.1) is 0 Å². The number of para-hydroxylation sites is 1. The topological polar surface area (TPSA) is 12.0 Å². The first kappa shape index (κ1) is 20.5. The molecule has 0 fully saturated rings. The van der Waals surface area contributed by atoms with Crippen molar-refractivity contribution in [2.24, 2.45) is 0 Å². The maximum atomic E-state index is 3.86. The van der Waals surface area contributed by atoms with E-state index in [1.165, 1.54) is 53.6 Å². The Hall–Kier alpha value is -3.88. The molecule has 0 saturated carbocycles. The van der Waals surface area contributed by atoms with Crippen molar-refractivity contribution in [3.05, 3.63) is 120 Å². The summed E-state index contributed by atoms with van der Waals surface area (Å²) < 4.78 is 2.66. The van der Waals surface area contributed by atoms with Gasteiger partial charge in [-0.2, -0.15) is 0 Å². The van der Waals surface area contributed by atoms with Crippen LogP contribution in [0.4, 0.5) is 11.4 Å².